The first-order valence-electron chi connectivity index (χ1n) is 9.31. The Morgan fingerprint density at radius 2 is 1.89 bits per heavy atom. The Hall–Kier alpha value is -3.05. The SMILES string of the molecule is O=C(CCCc1c[nH]c2ccccc12)Nc1ccn(Cc2ccccc2Cl)n1. The number of carbonyl (C=O) groups is 1. The molecule has 2 aromatic carbocycles. The summed E-state index contributed by atoms with van der Waals surface area (Å²) in [5, 5.41) is 9.21. The van der Waals surface area contributed by atoms with Crippen LogP contribution in [0, 0.1) is 0 Å². The van der Waals surface area contributed by atoms with Gasteiger partial charge in [-0.15, -0.1) is 0 Å². The Morgan fingerprint density at radius 1 is 1.07 bits per heavy atom. The summed E-state index contributed by atoms with van der Waals surface area (Å²) in [6, 6.07) is 17.7. The molecule has 1 amide bonds. The van der Waals surface area contributed by atoms with Crippen molar-refractivity contribution in [2.45, 2.75) is 25.8 Å². The summed E-state index contributed by atoms with van der Waals surface area (Å²) in [6.07, 6.45) is 5.97. The summed E-state index contributed by atoms with van der Waals surface area (Å²) in [4.78, 5) is 15.5. The molecule has 2 heterocycles. The lowest BCUT2D eigenvalue weighted by molar-refractivity contribution is -0.116. The Bertz CT molecular complexity index is 1100. The summed E-state index contributed by atoms with van der Waals surface area (Å²) in [6.45, 7) is 0.566. The molecule has 2 N–H and O–H groups in total. The lowest BCUT2D eigenvalue weighted by Crippen LogP contribution is -2.12. The van der Waals surface area contributed by atoms with Crippen molar-refractivity contribution in [1.29, 1.82) is 0 Å². The molecule has 0 bridgehead atoms. The number of benzene rings is 2. The van der Waals surface area contributed by atoms with Gasteiger partial charge in [0, 0.05) is 40.8 Å². The maximum absolute atomic E-state index is 12.2. The quantitative estimate of drug-likeness (QED) is 0.463. The number of carbonyl (C=O) groups excluding carboxylic acids is 1. The molecule has 0 saturated heterocycles. The molecule has 0 spiro atoms. The largest absolute Gasteiger partial charge is 0.361 e. The molecule has 0 aliphatic rings. The van der Waals surface area contributed by atoms with Crippen LogP contribution in [0.5, 0.6) is 0 Å². The minimum absolute atomic E-state index is 0.0252. The van der Waals surface area contributed by atoms with Crippen molar-refractivity contribution < 1.29 is 4.79 Å². The third-order valence-corrected chi connectivity index (χ3v) is 5.09. The van der Waals surface area contributed by atoms with Crippen LogP contribution in [-0.2, 0) is 17.8 Å². The van der Waals surface area contributed by atoms with Crippen molar-refractivity contribution in [3.05, 3.63) is 83.1 Å². The van der Waals surface area contributed by atoms with Crippen LogP contribution in [0.2, 0.25) is 5.02 Å². The first kappa shape index (κ1) is 18.3. The van der Waals surface area contributed by atoms with Gasteiger partial charge in [0.15, 0.2) is 5.82 Å². The molecular formula is C22H21ClN4O. The van der Waals surface area contributed by atoms with Crippen molar-refractivity contribution in [2.75, 3.05) is 5.32 Å². The second-order valence-electron chi connectivity index (χ2n) is 6.75. The molecular weight excluding hydrogens is 372 g/mol. The number of hydrogen-bond donors (Lipinski definition) is 2. The fourth-order valence-corrected chi connectivity index (χ4v) is 3.50. The van der Waals surface area contributed by atoms with Gasteiger partial charge in [-0.25, -0.2) is 0 Å². The van der Waals surface area contributed by atoms with Crippen molar-refractivity contribution >= 4 is 34.2 Å². The highest BCUT2D eigenvalue weighted by molar-refractivity contribution is 6.31. The molecule has 4 aromatic rings. The maximum atomic E-state index is 12.2. The first-order valence-corrected chi connectivity index (χ1v) is 9.68. The molecule has 142 valence electrons. The molecule has 0 atom stereocenters. The van der Waals surface area contributed by atoms with Gasteiger partial charge in [0.05, 0.1) is 6.54 Å². The Labute approximate surface area is 168 Å². The molecule has 5 nitrogen and oxygen atoms in total. The van der Waals surface area contributed by atoms with Crippen LogP contribution in [0.3, 0.4) is 0 Å². The normalized spacial score (nSPS) is 11.0. The molecule has 28 heavy (non-hydrogen) atoms. The second-order valence-corrected chi connectivity index (χ2v) is 7.16. The number of aryl methyl sites for hydroxylation is 1. The minimum atomic E-state index is -0.0252. The zero-order chi connectivity index (χ0) is 19.3. The molecule has 0 fully saturated rings. The van der Waals surface area contributed by atoms with Crippen molar-refractivity contribution in [1.82, 2.24) is 14.8 Å². The van der Waals surface area contributed by atoms with E-state index in [9.17, 15) is 4.79 Å². The Balaban J connectivity index is 1.28. The van der Waals surface area contributed by atoms with Gasteiger partial charge < -0.3 is 10.3 Å². The van der Waals surface area contributed by atoms with Crippen molar-refractivity contribution in [3.8, 4) is 0 Å². The van der Waals surface area contributed by atoms with E-state index in [0.29, 0.717) is 23.8 Å². The average Bonchev–Trinajstić information content (AvgIpc) is 3.31. The van der Waals surface area contributed by atoms with E-state index in [4.69, 9.17) is 11.6 Å². The number of para-hydroxylation sites is 1. The third kappa shape index (κ3) is 4.26. The summed E-state index contributed by atoms with van der Waals surface area (Å²) in [5.41, 5.74) is 3.36. The highest BCUT2D eigenvalue weighted by atomic mass is 35.5. The fourth-order valence-electron chi connectivity index (χ4n) is 3.30. The number of nitrogens with zero attached hydrogens (tertiary/aromatic N) is 2. The fraction of sp³-hybridized carbons (Fsp3) is 0.182. The highest BCUT2D eigenvalue weighted by Gasteiger charge is 2.08. The number of fused-ring (bicyclic) bond motifs is 1. The number of aromatic amines is 1. The molecule has 0 aliphatic carbocycles. The van der Waals surface area contributed by atoms with Crippen LogP contribution in [0.1, 0.15) is 24.0 Å². The molecule has 0 saturated carbocycles. The van der Waals surface area contributed by atoms with Gasteiger partial charge in [-0.1, -0.05) is 48.0 Å². The number of anilines is 1. The van der Waals surface area contributed by atoms with E-state index in [1.54, 1.807) is 10.7 Å². The Morgan fingerprint density at radius 3 is 2.79 bits per heavy atom. The van der Waals surface area contributed by atoms with E-state index in [-0.39, 0.29) is 5.91 Å². The van der Waals surface area contributed by atoms with E-state index >= 15 is 0 Å². The maximum Gasteiger partial charge on any atom is 0.225 e. The number of hydrogen-bond acceptors (Lipinski definition) is 2. The van der Waals surface area contributed by atoms with Gasteiger partial charge in [-0.2, -0.15) is 5.10 Å². The third-order valence-electron chi connectivity index (χ3n) is 4.72. The number of amides is 1. The van der Waals surface area contributed by atoms with Crippen LogP contribution in [0.15, 0.2) is 67.0 Å². The van der Waals surface area contributed by atoms with Gasteiger partial charge in [-0.05, 0) is 36.1 Å². The zero-order valence-electron chi connectivity index (χ0n) is 15.4. The smallest absolute Gasteiger partial charge is 0.225 e. The van der Waals surface area contributed by atoms with Crippen LogP contribution >= 0.6 is 11.6 Å². The molecule has 2 aromatic heterocycles. The number of H-pyrrole nitrogens is 1. The second kappa shape index (κ2) is 8.31. The van der Waals surface area contributed by atoms with Crippen LogP contribution in [-0.4, -0.2) is 20.7 Å². The van der Waals surface area contributed by atoms with Gasteiger partial charge in [0.1, 0.15) is 0 Å². The molecule has 0 aliphatic heterocycles. The summed E-state index contributed by atoms with van der Waals surface area (Å²) in [5.74, 6) is 0.534. The predicted molar refractivity (Wildman–Crippen MR) is 113 cm³/mol. The van der Waals surface area contributed by atoms with Gasteiger partial charge in [0.25, 0.3) is 0 Å². The monoisotopic (exact) mass is 392 g/mol. The number of rotatable bonds is 7. The lowest BCUT2D eigenvalue weighted by atomic mass is 10.1. The lowest BCUT2D eigenvalue weighted by Gasteiger charge is -2.05. The van der Waals surface area contributed by atoms with Gasteiger partial charge >= 0.3 is 0 Å². The number of nitrogens with one attached hydrogen (secondary N) is 2. The number of aromatic nitrogens is 3. The van der Waals surface area contributed by atoms with E-state index < -0.39 is 0 Å². The van der Waals surface area contributed by atoms with Crippen LogP contribution in [0.25, 0.3) is 10.9 Å². The average molecular weight is 393 g/mol. The minimum Gasteiger partial charge on any atom is -0.361 e. The summed E-state index contributed by atoms with van der Waals surface area (Å²) >= 11 is 6.19. The Kier molecular flexibility index (Phi) is 5.44. The first-order chi connectivity index (χ1) is 13.7. The van der Waals surface area contributed by atoms with E-state index in [2.05, 4.69) is 27.5 Å². The molecule has 4 rings (SSSR count). The number of halogens is 1. The van der Waals surface area contributed by atoms with E-state index in [1.807, 2.05) is 48.8 Å². The predicted octanol–water partition coefficient (Wildman–Crippen LogP) is 5.03. The van der Waals surface area contributed by atoms with Crippen molar-refractivity contribution in [2.24, 2.45) is 0 Å². The molecule has 0 unspecified atom stereocenters. The summed E-state index contributed by atoms with van der Waals surface area (Å²) in [7, 11) is 0. The standard InChI is InChI=1S/C22H21ClN4O/c23-19-9-3-1-6-17(19)15-27-13-12-21(26-27)25-22(28)11-5-7-16-14-24-20-10-4-2-8-18(16)20/h1-4,6,8-10,12-14,24H,5,7,11,15H2,(H,25,26,28). The van der Waals surface area contributed by atoms with Gasteiger partial charge in [0.2, 0.25) is 5.91 Å². The molecule has 6 heteroatoms. The van der Waals surface area contributed by atoms with Crippen molar-refractivity contribution in [3.63, 3.8) is 0 Å². The van der Waals surface area contributed by atoms with Crippen LogP contribution < -0.4 is 5.32 Å². The topological polar surface area (TPSA) is 62.7 Å². The van der Waals surface area contributed by atoms with E-state index in [1.165, 1.54) is 10.9 Å². The van der Waals surface area contributed by atoms with Gasteiger partial charge in [-0.3, -0.25) is 9.48 Å². The van der Waals surface area contributed by atoms with Crippen LogP contribution in [0.4, 0.5) is 5.82 Å². The molecule has 0 radical (unpaired) electrons. The highest BCUT2D eigenvalue weighted by Crippen LogP contribution is 2.20. The zero-order valence-corrected chi connectivity index (χ0v) is 16.1. The van der Waals surface area contributed by atoms with E-state index in [0.717, 1.165) is 23.9 Å². The summed E-state index contributed by atoms with van der Waals surface area (Å²) < 4.78 is 1.77.